The van der Waals surface area contributed by atoms with Crippen LogP contribution in [0.2, 0.25) is 5.02 Å². The minimum absolute atomic E-state index is 0.413. The van der Waals surface area contributed by atoms with Gasteiger partial charge >= 0.3 is 0 Å². The fraction of sp³-hybridized carbons (Fsp3) is 0. The van der Waals surface area contributed by atoms with Gasteiger partial charge in [0.15, 0.2) is 0 Å². The van der Waals surface area contributed by atoms with Crippen molar-refractivity contribution in [3.8, 4) is 22.9 Å². The molecule has 4 nitrogen and oxygen atoms in total. The highest BCUT2D eigenvalue weighted by Gasteiger charge is 2.06. The van der Waals surface area contributed by atoms with Crippen molar-refractivity contribution in [3.05, 3.63) is 65.4 Å². The predicted octanol–water partition coefficient (Wildman–Crippen LogP) is 3.65. The second kappa shape index (κ2) is 5.31. The van der Waals surface area contributed by atoms with Gasteiger partial charge in [0.1, 0.15) is 6.07 Å². The molecule has 21 heavy (non-hydrogen) atoms. The number of rotatable bonds is 2. The molecule has 2 aromatic carbocycles. The maximum atomic E-state index is 8.89. The fourth-order valence-corrected chi connectivity index (χ4v) is 2.29. The number of benzene rings is 2. The lowest BCUT2D eigenvalue weighted by molar-refractivity contribution is 0.880. The highest BCUT2D eigenvalue weighted by molar-refractivity contribution is 6.31. The molecule has 3 aromatic rings. The minimum atomic E-state index is 0.413. The average molecular weight is 295 g/mol. The van der Waals surface area contributed by atoms with Gasteiger partial charge in [-0.3, -0.25) is 0 Å². The van der Waals surface area contributed by atoms with Gasteiger partial charge in [0, 0.05) is 17.4 Å². The van der Waals surface area contributed by atoms with E-state index < -0.39 is 0 Å². The molecule has 0 saturated carbocycles. The molecule has 0 aliphatic heterocycles. The molecule has 0 amide bonds. The van der Waals surface area contributed by atoms with E-state index in [1.165, 1.54) is 0 Å². The van der Waals surface area contributed by atoms with Crippen molar-refractivity contribution in [1.82, 2.24) is 9.78 Å². The fourth-order valence-electron chi connectivity index (χ4n) is 2.07. The van der Waals surface area contributed by atoms with Crippen molar-refractivity contribution in [2.24, 2.45) is 0 Å². The Morgan fingerprint density at radius 2 is 2.00 bits per heavy atom. The van der Waals surface area contributed by atoms with E-state index in [4.69, 9.17) is 22.6 Å². The first kappa shape index (κ1) is 13.2. The Kier molecular flexibility index (Phi) is 3.35. The van der Waals surface area contributed by atoms with Crippen LogP contribution in [0, 0.1) is 11.3 Å². The Bertz CT molecular complexity index is 845. The summed E-state index contributed by atoms with van der Waals surface area (Å²) in [4.78, 5) is 0. The first-order valence-corrected chi connectivity index (χ1v) is 6.66. The number of nitrogens with zero attached hydrogens (tertiary/aromatic N) is 3. The monoisotopic (exact) mass is 294 g/mol. The second-order valence-corrected chi connectivity index (χ2v) is 4.98. The summed E-state index contributed by atoms with van der Waals surface area (Å²) < 4.78 is 1.71. The standard InChI is InChI=1S/C16H11ClN4/c17-16-7-15(5-4-12(16)8-18)21-10-13(9-20-21)11-2-1-3-14(19)6-11/h1-7,9-10H,19H2. The molecule has 0 radical (unpaired) electrons. The zero-order valence-corrected chi connectivity index (χ0v) is 11.7. The summed E-state index contributed by atoms with van der Waals surface area (Å²) in [6.07, 6.45) is 3.66. The van der Waals surface area contributed by atoms with Crippen LogP contribution in [0.1, 0.15) is 5.56 Å². The number of hydrogen-bond donors (Lipinski definition) is 1. The number of nitrogens with two attached hydrogens (primary N) is 1. The second-order valence-electron chi connectivity index (χ2n) is 4.57. The molecule has 1 aromatic heterocycles. The summed E-state index contributed by atoms with van der Waals surface area (Å²) in [7, 11) is 0. The van der Waals surface area contributed by atoms with E-state index in [1.807, 2.05) is 36.5 Å². The van der Waals surface area contributed by atoms with Crippen molar-refractivity contribution >= 4 is 17.3 Å². The van der Waals surface area contributed by atoms with E-state index in [0.29, 0.717) is 16.3 Å². The Hall–Kier alpha value is -2.77. The minimum Gasteiger partial charge on any atom is -0.399 e. The van der Waals surface area contributed by atoms with Gasteiger partial charge in [0.05, 0.1) is 22.5 Å². The highest BCUT2D eigenvalue weighted by atomic mass is 35.5. The lowest BCUT2D eigenvalue weighted by Gasteiger charge is -2.03. The van der Waals surface area contributed by atoms with E-state index in [-0.39, 0.29) is 0 Å². The van der Waals surface area contributed by atoms with Gasteiger partial charge in [-0.15, -0.1) is 0 Å². The van der Waals surface area contributed by atoms with E-state index >= 15 is 0 Å². The van der Waals surface area contributed by atoms with Crippen LogP contribution in [0.25, 0.3) is 16.8 Å². The van der Waals surface area contributed by atoms with Crippen LogP contribution in [-0.4, -0.2) is 9.78 Å². The highest BCUT2D eigenvalue weighted by Crippen LogP contribution is 2.24. The Balaban J connectivity index is 1.99. The van der Waals surface area contributed by atoms with E-state index in [0.717, 1.165) is 16.8 Å². The van der Waals surface area contributed by atoms with Crippen LogP contribution in [0.3, 0.4) is 0 Å². The Labute approximate surface area is 127 Å². The van der Waals surface area contributed by atoms with E-state index in [9.17, 15) is 0 Å². The zero-order valence-electron chi connectivity index (χ0n) is 11.0. The molecule has 0 spiro atoms. The van der Waals surface area contributed by atoms with Crippen LogP contribution in [-0.2, 0) is 0 Å². The van der Waals surface area contributed by atoms with Crippen LogP contribution in [0.15, 0.2) is 54.9 Å². The average Bonchev–Trinajstić information content (AvgIpc) is 2.97. The third kappa shape index (κ3) is 2.60. The molecule has 0 aliphatic rings. The lowest BCUT2D eigenvalue weighted by atomic mass is 10.1. The van der Waals surface area contributed by atoms with Gasteiger partial charge in [0.25, 0.3) is 0 Å². The van der Waals surface area contributed by atoms with Crippen molar-refractivity contribution in [1.29, 1.82) is 5.26 Å². The largest absolute Gasteiger partial charge is 0.399 e. The van der Waals surface area contributed by atoms with E-state index in [2.05, 4.69) is 5.10 Å². The number of aromatic nitrogens is 2. The maximum Gasteiger partial charge on any atom is 0.101 e. The normalized spacial score (nSPS) is 10.3. The number of hydrogen-bond acceptors (Lipinski definition) is 3. The molecule has 0 saturated heterocycles. The molecule has 0 aliphatic carbocycles. The summed E-state index contributed by atoms with van der Waals surface area (Å²) in [5.74, 6) is 0. The van der Waals surface area contributed by atoms with Crippen molar-refractivity contribution in [2.75, 3.05) is 5.73 Å². The summed E-state index contributed by atoms with van der Waals surface area (Å²) >= 11 is 6.04. The summed E-state index contributed by atoms with van der Waals surface area (Å²) in [5.41, 5.74) is 9.71. The van der Waals surface area contributed by atoms with Crippen molar-refractivity contribution in [3.63, 3.8) is 0 Å². The van der Waals surface area contributed by atoms with Crippen LogP contribution in [0.4, 0.5) is 5.69 Å². The SMILES string of the molecule is N#Cc1ccc(-n2cc(-c3cccc(N)c3)cn2)cc1Cl. The molecule has 0 unspecified atom stereocenters. The molecule has 102 valence electrons. The Morgan fingerprint density at radius 1 is 1.14 bits per heavy atom. The molecule has 5 heteroatoms. The summed E-state index contributed by atoms with van der Waals surface area (Å²) in [6.45, 7) is 0. The van der Waals surface area contributed by atoms with Gasteiger partial charge in [-0.2, -0.15) is 10.4 Å². The van der Waals surface area contributed by atoms with Crippen LogP contribution in [0.5, 0.6) is 0 Å². The topological polar surface area (TPSA) is 67.6 Å². The summed E-state index contributed by atoms with van der Waals surface area (Å²) in [5, 5.41) is 13.6. The van der Waals surface area contributed by atoms with Gasteiger partial charge in [0.2, 0.25) is 0 Å². The first-order valence-electron chi connectivity index (χ1n) is 6.28. The van der Waals surface area contributed by atoms with Gasteiger partial charge in [-0.1, -0.05) is 23.7 Å². The van der Waals surface area contributed by atoms with Gasteiger partial charge in [-0.05, 0) is 35.9 Å². The molecule has 0 bridgehead atoms. The molecule has 0 atom stereocenters. The molecule has 2 N–H and O–H groups in total. The first-order chi connectivity index (χ1) is 10.2. The molecule has 1 heterocycles. The third-order valence-electron chi connectivity index (χ3n) is 3.14. The lowest BCUT2D eigenvalue weighted by Crippen LogP contribution is -1.94. The molecule has 0 fully saturated rings. The Morgan fingerprint density at radius 3 is 2.71 bits per heavy atom. The van der Waals surface area contributed by atoms with E-state index in [1.54, 1.807) is 29.1 Å². The van der Waals surface area contributed by atoms with Gasteiger partial charge in [-0.25, -0.2) is 4.68 Å². The molecule has 3 rings (SSSR count). The van der Waals surface area contributed by atoms with Crippen LogP contribution < -0.4 is 5.73 Å². The smallest absolute Gasteiger partial charge is 0.101 e. The van der Waals surface area contributed by atoms with Crippen LogP contribution >= 0.6 is 11.6 Å². The zero-order chi connectivity index (χ0) is 14.8. The maximum absolute atomic E-state index is 8.89. The predicted molar refractivity (Wildman–Crippen MR) is 83.1 cm³/mol. The van der Waals surface area contributed by atoms with Gasteiger partial charge < -0.3 is 5.73 Å². The molecular weight excluding hydrogens is 284 g/mol. The third-order valence-corrected chi connectivity index (χ3v) is 3.45. The number of nitrogen functional groups attached to an aromatic ring is 1. The molecular formula is C16H11ClN4. The summed E-state index contributed by atoms with van der Waals surface area (Å²) in [6, 6.07) is 14.9. The number of halogens is 1. The number of anilines is 1. The van der Waals surface area contributed by atoms with Crippen molar-refractivity contribution < 1.29 is 0 Å². The quantitative estimate of drug-likeness (QED) is 0.734. The number of nitriles is 1. The van der Waals surface area contributed by atoms with Crippen molar-refractivity contribution in [2.45, 2.75) is 0 Å².